The van der Waals surface area contributed by atoms with Crippen molar-refractivity contribution in [1.29, 1.82) is 0 Å². The van der Waals surface area contributed by atoms with Crippen LogP contribution in [0, 0.1) is 11.3 Å². The fourth-order valence-corrected chi connectivity index (χ4v) is 1.90. The number of hydrogen-bond acceptors (Lipinski definition) is 2. The zero-order valence-corrected chi connectivity index (χ0v) is 13.6. The van der Waals surface area contributed by atoms with E-state index in [1.165, 1.54) is 0 Å². The molecular weight excluding hydrogens is 264 g/mol. The molecule has 0 aliphatic rings. The number of carbonyl (C=O) groups is 2. The maximum Gasteiger partial charge on any atom is 0.229 e. The van der Waals surface area contributed by atoms with E-state index in [4.69, 9.17) is 0 Å². The molecule has 0 atom stereocenters. The summed E-state index contributed by atoms with van der Waals surface area (Å²) in [6, 6.07) is 7.24. The van der Waals surface area contributed by atoms with Crippen molar-refractivity contribution in [2.24, 2.45) is 11.3 Å². The van der Waals surface area contributed by atoms with E-state index >= 15 is 0 Å². The molecule has 1 rings (SSSR count). The minimum atomic E-state index is -0.450. The van der Waals surface area contributed by atoms with Crippen LogP contribution >= 0.6 is 0 Å². The highest BCUT2D eigenvalue weighted by Gasteiger charge is 2.21. The lowest BCUT2D eigenvalue weighted by Gasteiger charge is -2.18. The van der Waals surface area contributed by atoms with E-state index < -0.39 is 5.41 Å². The monoisotopic (exact) mass is 290 g/mol. The van der Waals surface area contributed by atoms with Gasteiger partial charge in [-0.2, -0.15) is 0 Å². The third-order valence-corrected chi connectivity index (χ3v) is 3.43. The summed E-state index contributed by atoms with van der Waals surface area (Å²) < 4.78 is 0. The molecule has 0 saturated heterocycles. The molecule has 1 aromatic rings. The quantitative estimate of drug-likeness (QED) is 0.859. The maximum atomic E-state index is 12.1. The van der Waals surface area contributed by atoms with Crippen molar-refractivity contribution in [2.75, 3.05) is 10.6 Å². The summed E-state index contributed by atoms with van der Waals surface area (Å²) in [4.78, 5) is 24.0. The SMILES string of the molecule is CCC(CC)C(=O)Nc1cccc(NC(=O)C(C)(C)C)c1. The molecule has 1 aromatic carbocycles. The van der Waals surface area contributed by atoms with Crippen LogP contribution in [0.2, 0.25) is 0 Å². The van der Waals surface area contributed by atoms with Gasteiger partial charge >= 0.3 is 0 Å². The van der Waals surface area contributed by atoms with Gasteiger partial charge in [0.1, 0.15) is 0 Å². The Hall–Kier alpha value is -1.84. The summed E-state index contributed by atoms with van der Waals surface area (Å²) in [5.74, 6) is 0.00286. The number of anilines is 2. The molecule has 2 amide bonds. The van der Waals surface area contributed by atoms with E-state index in [0.717, 1.165) is 12.8 Å². The molecular formula is C17H26N2O2. The molecule has 0 unspecified atom stereocenters. The molecule has 0 bridgehead atoms. The van der Waals surface area contributed by atoms with Crippen LogP contribution in [0.15, 0.2) is 24.3 Å². The van der Waals surface area contributed by atoms with Crippen LogP contribution in [0.25, 0.3) is 0 Å². The Balaban J connectivity index is 2.77. The zero-order valence-electron chi connectivity index (χ0n) is 13.6. The molecule has 0 saturated carbocycles. The minimum absolute atomic E-state index is 0.0258. The number of hydrogen-bond donors (Lipinski definition) is 2. The van der Waals surface area contributed by atoms with Gasteiger partial charge in [0.2, 0.25) is 11.8 Å². The molecule has 4 heteroatoms. The summed E-state index contributed by atoms with van der Waals surface area (Å²) in [5, 5.41) is 5.77. The van der Waals surface area contributed by atoms with Crippen LogP contribution in [0.4, 0.5) is 11.4 Å². The highest BCUT2D eigenvalue weighted by Crippen LogP contribution is 2.21. The molecule has 0 aromatic heterocycles. The summed E-state index contributed by atoms with van der Waals surface area (Å²) in [6.45, 7) is 9.60. The predicted molar refractivity (Wildman–Crippen MR) is 87.2 cm³/mol. The number of amides is 2. The first kappa shape index (κ1) is 17.2. The number of rotatable bonds is 5. The Bertz CT molecular complexity index is 500. The van der Waals surface area contributed by atoms with Gasteiger partial charge in [0.05, 0.1) is 0 Å². The van der Waals surface area contributed by atoms with Gasteiger partial charge < -0.3 is 10.6 Å². The van der Waals surface area contributed by atoms with Crippen LogP contribution in [-0.2, 0) is 9.59 Å². The fourth-order valence-electron chi connectivity index (χ4n) is 1.90. The highest BCUT2D eigenvalue weighted by atomic mass is 16.2. The zero-order chi connectivity index (χ0) is 16.0. The maximum absolute atomic E-state index is 12.1. The molecule has 116 valence electrons. The second-order valence-corrected chi connectivity index (χ2v) is 6.29. The third kappa shape index (κ3) is 5.21. The van der Waals surface area contributed by atoms with Gasteiger partial charge in [-0.05, 0) is 31.0 Å². The number of nitrogens with one attached hydrogen (secondary N) is 2. The predicted octanol–water partition coefficient (Wildman–Crippen LogP) is 4.05. The lowest BCUT2D eigenvalue weighted by molar-refractivity contribution is -0.123. The summed E-state index contributed by atoms with van der Waals surface area (Å²) in [5.41, 5.74) is 0.949. The van der Waals surface area contributed by atoms with Gasteiger partial charge in [-0.3, -0.25) is 9.59 Å². The van der Waals surface area contributed by atoms with Crippen LogP contribution in [-0.4, -0.2) is 11.8 Å². The molecule has 0 radical (unpaired) electrons. The average molecular weight is 290 g/mol. The van der Waals surface area contributed by atoms with Crippen molar-refractivity contribution in [3.05, 3.63) is 24.3 Å². The first-order valence-electron chi connectivity index (χ1n) is 7.50. The van der Waals surface area contributed by atoms with Gasteiger partial charge in [-0.15, -0.1) is 0 Å². The van der Waals surface area contributed by atoms with Crippen LogP contribution in [0.1, 0.15) is 47.5 Å². The Morgan fingerprint density at radius 2 is 1.57 bits per heavy atom. The van der Waals surface area contributed by atoms with Crippen molar-refractivity contribution in [1.82, 2.24) is 0 Å². The van der Waals surface area contributed by atoms with Gasteiger partial charge in [0.15, 0.2) is 0 Å². The Labute approximate surface area is 127 Å². The van der Waals surface area contributed by atoms with E-state index in [0.29, 0.717) is 11.4 Å². The van der Waals surface area contributed by atoms with Crippen molar-refractivity contribution >= 4 is 23.2 Å². The highest BCUT2D eigenvalue weighted by molar-refractivity contribution is 5.96. The normalized spacial score (nSPS) is 11.3. The van der Waals surface area contributed by atoms with E-state index in [1.807, 2.05) is 52.8 Å². The Morgan fingerprint density at radius 3 is 2.05 bits per heavy atom. The van der Waals surface area contributed by atoms with Crippen molar-refractivity contribution in [2.45, 2.75) is 47.5 Å². The standard InChI is InChI=1S/C17H26N2O2/c1-6-12(7-2)15(20)18-13-9-8-10-14(11-13)19-16(21)17(3,4)5/h8-12H,6-7H2,1-5H3,(H,18,20)(H,19,21). The summed E-state index contributed by atoms with van der Waals surface area (Å²) >= 11 is 0. The van der Waals surface area contributed by atoms with Crippen LogP contribution in [0.3, 0.4) is 0 Å². The first-order chi connectivity index (χ1) is 9.77. The third-order valence-electron chi connectivity index (χ3n) is 3.43. The Morgan fingerprint density at radius 1 is 1.05 bits per heavy atom. The van der Waals surface area contributed by atoms with Crippen molar-refractivity contribution in [3.63, 3.8) is 0 Å². The second kappa shape index (κ2) is 7.25. The lowest BCUT2D eigenvalue weighted by Crippen LogP contribution is -2.27. The van der Waals surface area contributed by atoms with Crippen LogP contribution < -0.4 is 10.6 Å². The average Bonchev–Trinajstić information content (AvgIpc) is 2.39. The van der Waals surface area contributed by atoms with Gasteiger partial charge in [0.25, 0.3) is 0 Å². The fraction of sp³-hybridized carbons (Fsp3) is 0.529. The molecule has 0 aliphatic carbocycles. The second-order valence-electron chi connectivity index (χ2n) is 6.29. The van der Waals surface area contributed by atoms with Gasteiger partial charge in [-0.25, -0.2) is 0 Å². The van der Waals surface area contributed by atoms with Gasteiger partial charge in [-0.1, -0.05) is 40.7 Å². The van der Waals surface area contributed by atoms with E-state index in [2.05, 4.69) is 10.6 Å². The smallest absolute Gasteiger partial charge is 0.229 e. The van der Waals surface area contributed by atoms with E-state index in [9.17, 15) is 9.59 Å². The van der Waals surface area contributed by atoms with Crippen molar-refractivity contribution < 1.29 is 9.59 Å². The molecule has 21 heavy (non-hydrogen) atoms. The first-order valence-corrected chi connectivity index (χ1v) is 7.50. The van der Waals surface area contributed by atoms with Gasteiger partial charge in [0, 0.05) is 22.7 Å². The molecule has 0 spiro atoms. The largest absolute Gasteiger partial charge is 0.326 e. The van der Waals surface area contributed by atoms with Crippen molar-refractivity contribution in [3.8, 4) is 0 Å². The lowest BCUT2D eigenvalue weighted by atomic mass is 9.95. The number of carbonyl (C=O) groups excluding carboxylic acids is 2. The topological polar surface area (TPSA) is 58.2 Å². The summed E-state index contributed by atoms with van der Waals surface area (Å²) in [7, 11) is 0. The van der Waals surface area contributed by atoms with Crippen LogP contribution in [0.5, 0.6) is 0 Å². The molecule has 0 heterocycles. The Kier molecular flexibility index (Phi) is 5.94. The molecule has 0 fully saturated rings. The van der Waals surface area contributed by atoms with E-state index in [1.54, 1.807) is 6.07 Å². The molecule has 2 N–H and O–H groups in total. The summed E-state index contributed by atoms with van der Waals surface area (Å²) in [6.07, 6.45) is 1.64. The van der Waals surface area contributed by atoms with E-state index in [-0.39, 0.29) is 17.7 Å². The minimum Gasteiger partial charge on any atom is -0.326 e. The number of benzene rings is 1. The molecule has 0 aliphatic heterocycles. The molecule has 4 nitrogen and oxygen atoms in total.